The molecule has 1 amide bonds. The van der Waals surface area contributed by atoms with Crippen molar-refractivity contribution in [2.24, 2.45) is 5.92 Å². The molecule has 1 heterocycles. The first-order chi connectivity index (χ1) is 8.42. The smallest absolute Gasteiger partial charge is 0.407 e. The van der Waals surface area contributed by atoms with Crippen molar-refractivity contribution < 1.29 is 9.53 Å². The summed E-state index contributed by atoms with van der Waals surface area (Å²) in [5.41, 5.74) is -0.425. The molecule has 0 unspecified atom stereocenters. The van der Waals surface area contributed by atoms with Crippen molar-refractivity contribution in [3.05, 3.63) is 0 Å². The molecule has 1 N–H and O–H groups in total. The van der Waals surface area contributed by atoms with Crippen molar-refractivity contribution in [3.8, 4) is 0 Å². The van der Waals surface area contributed by atoms with E-state index in [-0.39, 0.29) is 12.1 Å². The number of hydrogen-bond donors (Lipinski definition) is 1. The Morgan fingerprint density at radius 3 is 2.56 bits per heavy atom. The Bertz CT molecular complexity index is 262. The molecule has 5 heteroatoms. The van der Waals surface area contributed by atoms with E-state index < -0.39 is 5.60 Å². The van der Waals surface area contributed by atoms with Gasteiger partial charge in [-0.05, 0) is 57.5 Å². The summed E-state index contributed by atoms with van der Waals surface area (Å²) in [5, 5.41) is 3.96. The first-order valence-electron chi connectivity index (χ1n) is 6.55. The molecule has 0 aromatic heterocycles. The first kappa shape index (κ1) is 16.2. The highest BCUT2D eigenvalue weighted by molar-refractivity contribution is 9.09. The van der Waals surface area contributed by atoms with Crippen LogP contribution >= 0.6 is 27.7 Å². The van der Waals surface area contributed by atoms with Crippen LogP contribution < -0.4 is 5.32 Å². The van der Waals surface area contributed by atoms with Gasteiger partial charge in [-0.15, -0.1) is 0 Å². The van der Waals surface area contributed by atoms with Crippen LogP contribution in [0.15, 0.2) is 0 Å². The summed E-state index contributed by atoms with van der Waals surface area (Å²) < 4.78 is 5.33. The molecular formula is C13H24BrNO2S. The third-order valence-corrected chi connectivity index (χ3v) is 4.46. The molecule has 1 rings (SSSR count). The lowest BCUT2D eigenvalue weighted by Crippen LogP contribution is -2.44. The molecule has 1 aliphatic heterocycles. The first-order valence-corrected chi connectivity index (χ1v) is 8.83. The molecule has 0 spiro atoms. The maximum absolute atomic E-state index is 11.8. The van der Waals surface area contributed by atoms with Crippen LogP contribution in [0.4, 0.5) is 4.79 Å². The van der Waals surface area contributed by atoms with Crippen LogP contribution in [-0.2, 0) is 4.74 Å². The van der Waals surface area contributed by atoms with Gasteiger partial charge in [-0.2, -0.15) is 11.8 Å². The normalized spacial score (nSPS) is 19.3. The Balaban J connectivity index is 2.48. The molecule has 18 heavy (non-hydrogen) atoms. The molecule has 1 saturated heterocycles. The summed E-state index contributed by atoms with van der Waals surface area (Å²) in [7, 11) is 0. The minimum absolute atomic E-state index is 0.236. The second-order valence-corrected chi connectivity index (χ2v) is 7.70. The van der Waals surface area contributed by atoms with Gasteiger partial charge in [0.1, 0.15) is 5.60 Å². The zero-order valence-corrected chi connectivity index (χ0v) is 13.9. The van der Waals surface area contributed by atoms with Gasteiger partial charge in [0.05, 0.1) is 0 Å². The van der Waals surface area contributed by atoms with Crippen LogP contribution in [0.1, 0.15) is 40.0 Å². The van der Waals surface area contributed by atoms with Gasteiger partial charge in [0.25, 0.3) is 0 Å². The van der Waals surface area contributed by atoms with E-state index >= 15 is 0 Å². The second-order valence-electron chi connectivity index (χ2n) is 5.68. The van der Waals surface area contributed by atoms with Crippen molar-refractivity contribution >= 4 is 33.8 Å². The summed E-state index contributed by atoms with van der Waals surface area (Å²) in [6.07, 6.45) is 3.07. The van der Waals surface area contributed by atoms with Crippen molar-refractivity contribution in [2.75, 3.05) is 16.8 Å². The molecule has 1 fully saturated rings. The molecule has 0 aromatic rings. The van der Waals surface area contributed by atoms with Crippen LogP contribution in [0, 0.1) is 5.92 Å². The maximum Gasteiger partial charge on any atom is 0.407 e. The summed E-state index contributed by atoms with van der Waals surface area (Å²) in [6, 6.07) is 0.236. The largest absolute Gasteiger partial charge is 0.444 e. The predicted molar refractivity (Wildman–Crippen MR) is 81.6 cm³/mol. The number of halogens is 1. The Hall–Kier alpha value is 0.100. The highest BCUT2D eigenvalue weighted by atomic mass is 79.9. The van der Waals surface area contributed by atoms with E-state index in [4.69, 9.17) is 4.74 Å². The summed E-state index contributed by atoms with van der Waals surface area (Å²) in [4.78, 5) is 11.8. The lowest BCUT2D eigenvalue weighted by Gasteiger charge is -2.31. The lowest BCUT2D eigenvalue weighted by molar-refractivity contribution is 0.0482. The number of thioether (sulfide) groups is 1. The molecule has 1 atom stereocenters. The van der Waals surface area contributed by atoms with Gasteiger partial charge in [0, 0.05) is 11.4 Å². The van der Waals surface area contributed by atoms with E-state index in [1.807, 2.05) is 32.5 Å². The third kappa shape index (κ3) is 6.32. The average molecular weight is 338 g/mol. The van der Waals surface area contributed by atoms with E-state index in [1.54, 1.807) is 0 Å². The van der Waals surface area contributed by atoms with Crippen molar-refractivity contribution in [1.82, 2.24) is 5.32 Å². The zero-order valence-electron chi connectivity index (χ0n) is 11.5. The van der Waals surface area contributed by atoms with E-state index in [2.05, 4.69) is 21.2 Å². The van der Waals surface area contributed by atoms with Crippen LogP contribution in [0.2, 0.25) is 0 Å². The lowest BCUT2D eigenvalue weighted by atomic mass is 9.92. The predicted octanol–water partition coefficient (Wildman–Crippen LogP) is 3.81. The minimum Gasteiger partial charge on any atom is -0.444 e. The summed E-state index contributed by atoms with van der Waals surface area (Å²) in [5.74, 6) is 3.01. The van der Waals surface area contributed by atoms with E-state index in [1.165, 1.54) is 24.3 Å². The van der Waals surface area contributed by atoms with Crippen molar-refractivity contribution in [3.63, 3.8) is 0 Å². The average Bonchev–Trinajstić information content (AvgIpc) is 2.27. The zero-order chi connectivity index (χ0) is 13.6. The number of alkyl halides is 1. The minimum atomic E-state index is -0.425. The van der Waals surface area contributed by atoms with Gasteiger partial charge in [-0.25, -0.2) is 4.79 Å². The number of ether oxygens (including phenoxy) is 1. The molecule has 106 valence electrons. The van der Waals surface area contributed by atoms with Crippen LogP contribution in [0.5, 0.6) is 0 Å². The topological polar surface area (TPSA) is 38.3 Å². The molecule has 0 bridgehead atoms. The van der Waals surface area contributed by atoms with Gasteiger partial charge < -0.3 is 10.1 Å². The number of carbonyl (C=O) groups excluding carboxylic acids is 1. The number of hydrogen-bond acceptors (Lipinski definition) is 3. The van der Waals surface area contributed by atoms with Crippen molar-refractivity contribution in [1.29, 1.82) is 0 Å². The molecule has 0 aromatic carbocycles. The van der Waals surface area contributed by atoms with Crippen molar-refractivity contribution in [2.45, 2.75) is 51.7 Å². The standard InChI is InChI=1S/C13H24BrNO2S/c1-13(2,3)17-12(16)15-11(4-7-14)10-5-8-18-9-6-10/h10-11H,4-9H2,1-3H3,(H,15,16)/t11-/m1/s1. The van der Waals surface area contributed by atoms with Gasteiger partial charge in [0.15, 0.2) is 0 Å². The number of amides is 1. The maximum atomic E-state index is 11.8. The molecule has 0 aliphatic carbocycles. The summed E-state index contributed by atoms with van der Waals surface area (Å²) in [6.45, 7) is 5.68. The molecular weight excluding hydrogens is 314 g/mol. The number of carbonyl (C=O) groups is 1. The van der Waals surface area contributed by atoms with Gasteiger partial charge >= 0.3 is 6.09 Å². The molecule has 3 nitrogen and oxygen atoms in total. The van der Waals surface area contributed by atoms with Crippen LogP contribution in [0.3, 0.4) is 0 Å². The highest BCUT2D eigenvalue weighted by Gasteiger charge is 2.26. The number of rotatable bonds is 4. The van der Waals surface area contributed by atoms with Gasteiger partial charge in [0.2, 0.25) is 0 Å². The van der Waals surface area contributed by atoms with Gasteiger partial charge in [-0.3, -0.25) is 0 Å². The Labute approximate surface area is 123 Å². The van der Waals surface area contributed by atoms with E-state index in [0.29, 0.717) is 5.92 Å². The highest BCUT2D eigenvalue weighted by Crippen LogP contribution is 2.27. The van der Waals surface area contributed by atoms with Crippen LogP contribution in [-0.4, -0.2) is 34.6 Å². The van der Waals surface area contributed by atoms with E-state index in [9.17, 15) is 4.79 Å². The second kappa shape index (κ2) is 7.63. The monoisotopic (exact) mass is 337 g/mol. The number of alkyl carbamates (subject to hydrolysis) is 1. The third-order valence-electron chi connectivity index (χ3n) is 2.96. The fraction of sp³-hybridized carbons (Fsp3) is 0.923. The summed E-state index contributed by atoms with van der Waals surface area (Å²) >= 11 is 5.48. The molecule has 1 aliphatic rings. The number of nitrogens with one attached hydrogen (secondary N) is 1. The quantitative estimate of drug-likeness (QED) is 0.792. The molecule has 0 radical (unpaired) electrons. The van der Waals surface area contributed by atoms with E-state index in [0.717, 1.165) is 11.8 Å². The Morgan fingerprint density at radius 1 is 1.44 bits per heavy atom. The molecule has 0 saturated carbocycles. The SMILES string of the molecule is CC(C)(C)OC(=O)N[C@H](CCBr)C1CCSCC1. The Kier molecular flexibility index (Phi) is 6.85. The van der Waals surface area contributed by atoms with Crippen LogP contribution in [0.25, 0.3) is 0 Å². The Morgan fingerprint density at radius 2 is 2.06 bits per heavy atom. The van der Waals surface area contributed by atoms with Gasteiger partial charge in [-0.1, -0.05) is 15.9 Å². The fourth-order valence-electron chi connectivity index (χ4n) is 2.12. The fourth-order valence-corrected chi connectivity index (χ4v) is 3.76.